The van der Waals surface area contributed by atoms with Crippen molar-refractivity contribution in [3.05, 3.63) is 53.3 Å². The molecule has 0 bridgehead atoms. The van der Waals surface area contributed by atoms with Crippen LogP contribution in [0.25, 0.3) is 0 Å². The first-order valence-corrected chi connectivity index (χ1v) is 6.12. The minimum atomic E-state index is 0.0762. The van der Waals surface area contributed by atoms with E-state index in [4.69, 9.17) is 5.73 Å². The number of rotatable bonds is 2. The fraction of sp³-hybridized carbons (Fsp3) is 0.286. The van der Waals surface area contributed by atoms with Crippen LogP contribution in [0.5, 0.6) is 0 Å². The fourth-order valence-corrected chi connectivity index (χ4v) is 2.42. The van der Waals surface area contributed by atoms with E-state index in [2.05, 4.69) is 33.5 Å². The van der Waals surface area contributed by atoms with Crippen LogP contribution in [0.3, 0.4) is 0 Å². The first-order chi connectivity index (χ1) is 8.74. The Balaban J connectivity index is 1.87. The van der Waals surface area contributed by atoms with Gasteiger partial charge in [-0.1, -0.05) is 24.3 Å². The SMILES string of the molecule is Cc1cnc(NC2c3ccccc3CC2N)nc1. The first kappa shape index (κ1) is 11.2. The molecule has 0 amide bonds. The maximum absolute atomic E-state index is 6.19. The van der Waals surface area contributed by atoms with Gasteiger partial charge in [-0.3, -0.25) is 0 Å². The summed E-state index contributed by atoms with van der Waals surface area (Å²) in [7, 11) is 0. The van der Waals surface area contributed by atoms with Crippen molar-refractivity contribution in [2.45, 2.75) is 25.4 Å². The summed E-state index contributed by atoms with van der Waals surface area (Å²) in [5, 5.41) is 3.33. The van der Waals surface area contributed by atoms with Crippen LogP contribution in [0.4, 0.5) is 5.95 Å². The molecule has 3 rings (SSSR count). The highest BCUT2D eigenvalue weighted by molar-refractivity contribution is 5.42. The number of aryl methyl sites for hydroxylation is 1. The molecule has 1 aromatic heterocycles. The Morgan fingerprint density at radius 1 is 1.22 bits per heavy atom. The second-order valence-corrected chi connectivity index (χ2v) is 4.77. The number of fused-ring (bicyclic) bond motifs is 1. The number of hydrogen-bond acceptors (Lipinski definition) is 4. The molecule has 1 heterocycles. The van der Waals surface area contributed by atoms with E-state index in [0.29, 0.717) is 5.95 Å². The van der Waals surface area contributed by atoms with Crippen molar-refractivity contribution >= 4 is 5.95 Å². The molecule has 4 heteroatoms. The molecule has 2 atom stereocenters. The molecule has 3 N–H and O–H groups in total. The van der Waals surface area contributed by atoms with Crippen LogP contribution in [-0.4, -0.2) is 16.0 Å². The monoisotopic (exact) mass is 240 g/mol. The molecule has 1 aliphatic carbocycles. The summed E-state index contributed by atoms with van der Waals surface area (Å²) in [4.78, 5) is 8.54. The topological polar surface area (TPSA) is 63.8 Å². The first-order valence-electron chi connectivity index (χ1n) is 6.12. The second-order valence-electron chi connectivity index (χ2n) is 4.77. The molecule has 2 aromatic rings. The van der Waals surface area contributed by atoms with Gasteiger partial charge in [-0.25, -0.2) is 9.97 Å². The van der Waals surface area contributed by atoms with Crippen LogP contribution in [0.2, 0.25) is 0 Å². The van der Waals surface area contributed by atoms with Crippen molar-refractivity contribution in [2.24, 2.45) is 5.73 Å². The molecule has 0 radical (unpaired) electrons. The van der Waals surface area contributed by atoms with Crippen molar-refractivity contribution in [2.75, 3.05) is 5.32 Å². The number of benzene rings is 1. The Morgan fingerprint density at radius 3 is 2.72 bits per heavy atom. The number of nitrogens with two attached hydrogens (primary N) is 1. The lowest BCUT2D eigenvalue weighted by atomic mass is 10.1. The van der Waals surface area contributed by atoms with Gasteiger partial charge in [0.25, 0.3) is 0 Å². The number of hydrogen-bond donors (Lipinski definition) is 2. The third-order valence-electron chi connectivity index (χ3n) is 3.34. The summed E-state index contributed by atoms with van der Waals surface area (Å²) in [6, 6.07) is 8.52. The van der Waals surface area contributed by atoms with Crippen molar-refractivity contribution in [1.82, 2.24) is 9.97 Å². The summed E-state index contributed by atoms with van der Waals surface area (Å²) >= 11 is 0. The standard InChI is InChI=1S/C14H16N4/c1-9-7-16-14(17-8-9)18-13-11-5-3-2-4-10(11)6-12(13)15/h2-5,7-8,12-13H,6,15H2,1H3,(H,16,17,18). The van der Waals surface area contributed by atoms with E-state index in [9.17, 15) is 0 Å². The average molecular weight is 240 g/mol. The number of anilines is 1. The second kappa shape index (κ2) is 4.38. The van der Waals surface area contributed by atoms with Gasteiger partial charge in [-0.05, 0) is 30.0 Å². The molecule has 0 saturated carbocycles. The molecular formula is C14H16N4. The Hall–Kier alpha value is -1.94. The van der Waals surface area contributed by atoms with Crippen LogP contribution in [0.1, 0.15) is 22.7 Å². The molecule has 4 nitrogen and oxygen atoms in total. The average Bonchev–Trinajstić information content (AvgIpc) is 2.69. The van der Waals surface area contributed by atoms with Gasteiger partial charge < -0.3 is 11.1 Å². The fourth-order valence-electron chi connectivity index (χ4n) is 2.42. The van der Waals surface area contributed by atoms with Crippen LogP contribution in [-0.2, 0) is 6.42 Å². The van der Waals surface area contributed by atoms with Crippen LogP contribution in [0, 0.1) is 6.92 Å². The lowest BCUT2D eigenvalue weighted by Crippen LogP contribution is -2.30. The van der Waals surface area contributed by atoms with Gasteiger partial charge in [0.2, 0.25) is 5.95 Å². The maximum Gasteiger partial charge on any atom is 0.223 e. The number of nitrogens with zero attached hydrogens (tertiary/aromatic N) is 2. The largest absolute Gasteiger partial charge is 0.346 e. The van der Waals surface area contributed by atoms with Gasteiger partial charge in [0.05, 0.1) is 6.04 Å². The van der Waals surface area contributed by atoms with Gasteiger partial charge >= 0.3 is 0 Å². The highest BCUT2D eigenvalue weighted by Gasteiger charge is 2.29. The molecule has 1 aliphatic rings. The minimum Gasteiger partial charge on any atom is -0.346 e. The molecule has 2 unspecified atom stereocenters. The lowest BCUT2D eigenvalue weighted by Gasteiger charge is -2.18. The summed E-state index contributed by atoms with van der Waals surface area (Å²) in [5.41, 5.74) is 9.81. The van der Waals surface area contributed by atoms with Gasteiger partial charge in [-0.15, -0.1) is 0 Å². The molecule has 0 aliphatic heterocycles. The summed E-state index contributed by atoms with van der Waals surface area (Å²) in [6.45, 7) is 1.97. The minimum absolute atomic E-state index is 0.0762. The van der Waals surface area contributed by atoms with Crippen LogP contribution >= 0.6 is 0 Å². The van der Waals surface area contributed by atoms with E-state index >= 15 is 0 Å². The highest BCUT2D eigenvalue weighted by Crippen LogP contribution is 2.32. The predicted molar refractivity (Wildman–Crippen MR) is 71.3 cm³/mol. The van der Waals surface area contributed by atoms with Gasteiger partial charge in [-0.2, -0.15) is 0 Å². The van der Waals surface area contributed by atoms with Crippen molar-refractivity contribution < 1.29 is 0 Å². The Morgan fingerprint density at radius 2 is 1.94 bits per heavy atom. The van der Waals surface area contributed by atoms with Crippen molar-refractivity contribution in [1.29, 1.82) is 0 Å². The van der Waals surface area contributed by atoms with Crippen molar-refractivity contribution in [3.8, 4) is 0 Å². The Bertz CT molecular complexity index is 550. The van der Waals surface area contributed by atoms with E-state index in [1.165, 1.54) is 11.1 Å². The van der Waals surface area contributed by atoms with E-state index in [1.54, 1.807) is 0 Å². The van der Waals surface area contributed by atoms with Gasteiger partial charge in [0, 0.05) is 18.4 Å². The summed E-state index contributed by atoms with van der Waals surface area (Å²) < 4.78 is 0. The maximum atomic E-state index is 6.19. The van der Waals surface area contributed by atoms with Gasteiger partial charge in [0.1, 0.15) is 0 Å². The van der Waals surface area contributed by atoms with E-state index in [0.717, 1.165) is 12.0 Å². The van der Waals surface area contributed by atoms with Crippen molar-refractivity contribution in [3.63, 3.8) is 0 Å². The normalized spacial score (nSPS) is 21.7. The zero-order valence-corrected chi connectivity index (χ0v) is 10.3. The van der Waals surface area contributed by atoms with Gasteiger partial charge in [0.15, 0.2) is 0 Å². The molecule has 92 valence electrons. The highest BCUT2D eigenvalue weighted by atomic mass is 15.1. The molecule has 0 saturated heterocycles. The zero-order chi connectivity index (χ0) is 12.5. The third kappa shape index (κ3) is 1.95. The quantitative estimate of drug-likeness (QED) is 0.840. The Kier molecular flexibility index (Phi) is 2.72. The Labute approximate surface area is 106 Å². The van der Waals surface area contributed by atoms with E-state index < -0.39 is 0 Å². The summed E-state index contributed by atoms with van der Waals surface area (Å²) in [6.07, 6.45) is 4.52. The number of nitrogens with one attached hydrogen (secondary N) is 1. The zero-order valence-electron chi connectivity index (χ0n) is 10.3. The summed E-state index contributed by atoms with van der Waals surface area (Å²) in [5.74, 6) is 0.637. The van der Waals surface area contributed by atoms with E-state index in [1.807, 2.05) is 25.4 Å². The predicted octanol–water partition coefficient (Wildman–Crippen LogP) is 1.82. The molecule has 0 spiro atoms. The smallest absolute Gasteiger partial charge is 0.223 e. The lowest BCUT2D eigenvalue weighted by molar-refractivity contribution is 0.621. The van der Waals surface area contributed by atoms with Crippen LogP contribution in [0.15, 0.2) is 36.7 Å². The molecule has 1 aromatic carbocycles. The van der Waals surface area contributed by atoms with E-state index in [-0.39, 0.29) is 12.1 Å². The molecular weight excluding hydrogens is 224 g/mol. The van der Waals surface area contributed by atoms with Crippen LogP contribution < -0.4 is 11.1 Å². The molecule has 0 fully saturated rings. The molecule has 18 heavy (non-hydrogen) atoms. The number of aromatic nitrogens is 2. The third-order valence-corrected chi connectivity index (χ3v) is 3.34.